The highest BCUT2D eigenvalue weighted by Gasteiger charge is 2.40. The summed E-state index contributed by atoms with van der Waals surface area (Å²) in [7, 11) is -3.92. The quantitative estimate of drug-likeness (QED) is 0.799. The number of carbonyl (C=O) groups excluding carboxylic acids is 2. The molecule has 0 fully saturated rings. The molecule has 1 aliphatic heterocycles. The summed E-state index contributed by atoms with van der Waals surface area (Å²) in [5.74, 6) is -3.08. The molecule has 25 heavy (non-hydrogen) atoms. The molecule has 0 aromatic heterocycles. The molecule has 2 aromatic carbocycles. The highest BCUT2D eigenvalue weighted by Crippen LogP contribution is 2.32. The highest BCUT2D eigenvalue weighted by atomic mass is 32.2. The normalized spacial score (nSPS) is 15.2. The summed E-state index contributed by atoms with van der Waals surface area (Å²) in [5.41, 5.74) is -0.0208. The van der Waals surface area contributed by atoms with Gasteiger partial charge in [-0.15, -0.1) is 0 Å². The average molecular weight is 362 g/mol. The Morgan fingerprint density at radius 1 is 0.920 bits per heavy atom. The Bertz CT molecular complexity index is 1010. The first kappa shape index (κ1) is 16.8. The van der Waals surface area contributed by atoms with Crippen LogP contribution in [0.25, 0.3) is 5.57 Å². The van der Waals surface area contributed by atoms with Gasteiger partial charge in [0.2, 0.25) is 10.0 Å². The lowest BCUT2D eigenvalue weighted by Gasteiger charge is -2.14. The van der Waals surface area contributed by atoms with E-state index in [0.29, 0.717) is 4.90 Å². The maximum atomic E-state index is 13.0. The third-order valence-corrected chi connectivity index (χ3v) is 4.55. The predicted octanol–water partition coefficient (Wildman–Crippen LogP) is 1.32. The smallest absolute Gasteiger partial charge is 0.301 e. The first-order valence-corrected chi connectivity index (χ1v) is 8.45. The van der Waals surface area contributed by atoms with E-state index in [9.17, 15) is 27.5 Å². The molecule has 2 amide bonds. The number of nitrogens with zero attached hydrogens (tertiary/aromatic N) is 1. The second-order valence-corrected chi connectivity index (χ2v) is 6.78. The first-order valence-electron chi connectivity index (χ1n) is 6.91. The predicted molar refractivity (Wildman–Crippen MR) is 86.3 cm³/mol. The summed E-state index contributed by atoms with van der Waals surface area (Å²) in [5, 5.41) is 15.0. The molecule has 1 heterocycles. The van der Waals surface area contributed by atoms with Crippen molar-refractivity contribution in [2.24, 2.45) is 5.14 Å². The number of hydrogen-bond donors (Lipinski definition) is 2. The van der Waals surface area contributed by atoms with E-state index in [1.54, 1.807) is 0 Å². The monoisotopic (exact) mass is 362 g/mol. The van der Waals surface area contributed by atoms with Crippen molar-refractivity contribution >= 4 is 33.1 Å². The van der Waals surface area contributed by atoms with Crippen LogP contribution >= 0.6 is 0 Å². The van der Waals surface area contributed by atoms with Gasteiger partial charge in [-0.25, -0.2) is 22.8 Å². The fourth-order valence-electron chi connectivity index (χ4n) is 2.41. The Balaban J connectivity index is 2.00. The molecule has 3 N–H and O–H groups in total. The van der Waals surface area contributed by atoms with Crippen molar-refractivity contribution < 1.29 is 27.5 Å². The van der Waals surface area contributed by atoms with Crippen molar-refractivity contribution in [3.63, 3.8) is 0 Å². The molecule has 0 saturated carbocycles. The molecule has 128 valence electrons. The van der Waals surface area contributed by atoms with Gasteiger partial charge in [0.05, 0.1) is 16.2 Å². The number of nitrogens with two attached hydrogens (primary N) is 1. The minimum absolute atomic E-state index is 0.0612. The van der Waals surface area contributed by atoms with Gasteiger partial charge in [-0.3, -0.25) is 9.59 Å². The first-order chi connectivity index (χ1) is 11.7. The summed E-state index contributed by atoms with van der Waals surface area (Å²) < 4.78 is 35.5. The third kappa shape index (κ3) is 2.90. The van der Waals surface area contributed by atoms with E-state index in [0.717, 1.165) is 24.3 Å². The summed E-state index contributed by atoms with van der Waals surface area (Å²) in [6.07, 6.45) is 0. The lowest BCUT2D eigenvalue weighted by molar-refractivity contribution is -0.121. The number of aliphatic hydroxyl groups is 1. The third-order valence-electron chi connectivity index (χ3n) is 3.62. The minimum Gasteiger partial charge on any atom is -0.502 e. The summed E-state index contributed by atoms with van der Waals surface area (Å²) in [4.78, 5) is 25.3. The van der Waals surface area contributed by atoms with Gasteiger partial charge >= 0.3 is 5.91 Å². The molecule has 1 aliphatic rings. The largest absolute Gasteiger partial charge is 0.502 e. The number of aliphatic hydroxyl groups excluding tert-OH is 1. The molecule has 2 aromatic rings. The molecular formula is C16H11FN2O5S. The molecule has 7 nitrogen and oxygen atoms in total. The maximum Gasteiger partial charge on any atom is 0.301 e. The average Bonchev–Trinajstić information content (AvgIpc) is 2.78. The van der Waals surface area contributed by atoms with Gasteiger partial charge in [-0.2, -0.15) is 0 Å². The standard InChI is InChI=1S/C16H11FN2O5S/c17-10-3-1-9(2-4-10)13-14(20)16(22)19(15(13)21)11-5-7-12(8-6-11)25(18,23)24/h1-8,20H,(H2,18,23,24). The van der Waals surface area contributed by atoms with Crippen LogP contribution in [0.5, 0.6) is 0 Å². The van der Waals surface area contributed by atoms with Crippen molar-refractivity contribution in [3.8, 4) is 0 Å². The van der Waals surface area contributed by atoms with Crippen LogP contribution in [-0.4, -0.2) is 25.3 Å². The van der Waals surface area contributed by atoms with Gasteiger partial charge < -0.3 is 5.11 Å². The van der Waals surface area contributed by atoms with E-state index in [1.807, 2.05) is 0 Å². The molecule has 0 radical (unpaired) electrons. The van der Waals surface area contributed by atoms with Crippen molar-refractivity contribution in [2.45, 2.75) is 4.90 Å². The number of carbonyl (C=O) groups is 2. The number of rotatable bonds is 3. The molecule has 0 aliphatic carbocycles. The molecule has 0 spiro atoms. The maximum absolute atomic E-state index is 13.0. The van der Waals surface area contributed by atoms with Crippen LogP contribution in [0.3, 0.4) is 0 Å². The number of amides is 2. The Labute approximate surface area is 141 Å². The number of sulfonamides is 1. The van der Waals surface area contributed by atoms with Gasteiger partial charge in [0.15, 0.2) is 5.76 Å². The number of anilines is 1. The molecule has 0 atom stereocenters. The van der Waals surface area contributed by atoms with E-state index in [-0.39, 0.29) is 21.7 Å². The van der Waals surface area contributed by atoms with Crippen molar-refractivity contribution in [2.75, 3.05) is 4.90 Å². The number of primary sulfonamides is 1. The Hall–Kier alpha value is -3.04. The van der Waals surface area contributed by atoms with Crippen LogP contribution in [0.1, 0.15) is 5.56 Å². The second-order valence-electron chi connectivity index (χ2n) is 5.22. The van der Waals surface area contributed by atoms with Crippen LogP contribution in [-0.2, 0) is 19.6 Å². The fourth-order valence-corrected chi connectivity index (χ4v) is 2.93. The molecule has 9 heteroatoms. The molecule has 0 bridgehead atoms. The SMILES string of the molecule is NS(=O)(=O)c1ccc(N2C(=O)C(O)=C(c3ccc(F)cc3)C2=O)cc1. The van der Waals surface area contributed by atoms with E-state index < -0.39 is 33.4 Å². The number of hydrogen-bond acceptors (Lipinski definition) is 5. The topological polar surface area (TPSA) is 118 Å². The Morgan fingerprint density at radius 2 is 1.48 bits per heavy atom. The molecular weight excluding hydrogens is 351 g/mol. The van der Waals surface area contributed by atoms with E-state index in [4.69, 9.17) is 5.14 Å². The summed E-state index contributed by atoms with van der Waals surface area (Å²) >= 11 is 0. The zero-order valence-corrected chi connectivity index (χ0v) is 13.3. The van der Waals surface area contributed by atoms with Gasteiger partial charge in [0.1, 0.15) is 5.82 Å². The Kier molecular flexibility index (Phi) is 3.90. The van der Waals surface area contributed by atoms with Crippen molar-refractivity contribution in [1.82, 2.24) is 0 Å². The minimum atomic E-state index is -3.92. The van der Waals surface area contributed by atoms with E-state index in [2.05, 4.69) is 0 Å². The van der Waals surface area contributed by atoms with Crippen LogP contribution in [0.4, 0.5) is 10.1 Å². The second kappa shape index (κ2) is 5.80. The number of halogens is 1. The Morgan fingerprint density at radius 3 is 2.00 bits per heavy atom. The lowest BCUT2D eigenvalue weighted by Crippen LogP contribution is -2.31. The van der Waals surface area contributed by atoms with Gasteiger partial charge in [-0.1, -0.05) is 12.1 Å². The number of imide groups is 1. The van der Waals surface area contributed by atoms with Crippen LogP contribution in [0.2, 0.25) is 0 Å². The molecule has 0 unspecified atom stereocenters. The number of benzene rings is 2. The van der Waals surface area contributed by atoms with Gasteiger partial charge in [0, 0.05) is 0 Å². The zero-order valence-electron chi connectivity index (χ0n) is 12.5. The van der Waals surface area contributed by atoms with Crippen LogP contribution in [0.15, 0.2) is 59.2 Å². The van der Waals surface area contributed by atoms with Gasteiger partial charge in [-0.05, 0) is 42.0 Å². The fraction of sp³-hybridized carbons (Fsp3) is 0. The lowest BCUT2D eigenvalue weighted by atomic mass is 10.1. The van der Waals surface area contributed by atoms with Gasteiger partial charge in [0.25, 0.3) is 5.91 Å². The van der Waals surface area contributed by atoms with E-state index >= 15 is 0 Å². The van der Waals surface area contributed by atoms with Crippen molar-refractivity contribution in [3.05, 3.63) is 65.7 Å². The van der Waals surface area contributed by atoms with E-state index in [1.165, 1.54) is 24.3 Å². The van der Waals surface area contributed by atoms with Crippen LogP contribution < -0.4 is 10.0 Å². The highest BCUT2D eigenvalue weighted by molar-refractivity contribution is 7.89. The van der Waals surface area contributed by atoms with Crippen molar-refractivity contribution in [1.29, 1.82) is 0 Å². The molecule has 3 rings (SSSR count). The summed E-state index contributed by atoms with van der Waals surface area (Å²) in [6, 6.07) is 9.43. The summed E-state index contributed by atoms with van der Waals surface area (Å²) in [6.45, 7) is 0. The zero-order chi connectivity index (χ0) is 18.4. The van der Waals surface area contributed by atoms with Crippen LogP contribution in [0, 0.1) is 5.82 Å². The molecule has 0 saturated heterocycles.